The molecule has 1 heterocycles. The Bertz CT molecular complexity index is 235. The van der Waals surface area contributed by atoms with E-state index in [0.717, 1.165) is 17.9 Å². The minimum absolute atomic E-state index is 0.955. The van der Waals surface area contributed by atoms with E-state index >= 15 is 0 Å². The van der Waals surface area contributed by atoms with Gasteiger partial charge < -0.3 is 5.32 Å². The quantitative estimate of drug-likeness (QED) is 0.738. The van der Waals surface area contributed by atoms with Gasteiger partial charge in [-0.3, -0.25) is 4.90 Å². The van der Waals surface area contributed by atoms with Crippen LogP contribution in [0.15, 0.2) is 0 Å². The second-order valence-corrected chi connectivity index (χ2v) is 6.54. The number of nitrogens with zero attached hydrogens (tertiary/aromatic N) is 1. The van der Waals surface area contributed by atoms with Crippen LogP contribution in [0.1, 0.15) is 51.4 Å². The van der Waals surface area contributed by atoms with Crippen molar-refractivity contribution in [1.29, 1.82) is 0 Å². The summed E-state index contributed by atoms with van der Waals surface area (Å²) in [4.78, 5) is 2.74. The Morgan fingerprint density at radius 1 is 1.00 bits per heavy atom. The minimum atomic E-state index is 0.955. The monoisotopic (exact) mass is 236 g/mol. The molecular weight excluding hydrogens is 208 g/mol. The maximum absolute atomic E-state index is 3.70. The fraction of sp³-hybridized carbons (Fsp3) is 1.00. The summed E-state index contributed by atoms with van der Waals surface area (Å²) in [5.74, 6) is 2.04. The molecule has 2 atom stereocenters. The number of hydrogen-bond donors (Lipinski definition) is 1. The molecule has 1 aliphatic heterocycles. The number of piperidine rings is 1. The number of nitrogens with one attached hydrogen (secondary N) is 1. The minimum Gasteiger partial charge on any atom is -0.315 e. The van der Waals surface area contributed by atoms with Crippen LogP contribution < -0.4 is 5.32 Å². The lowest BCUT2D eigenvalue weighted by Crippen LogP contribution is -2.38. The van der Waals surface area contributed by atoms with Gasteiger partial charge in [-0.05, 0) is 50.5 Å². The van der Waals surface area contributed by atoms with Gasteiger partial charge in [-0.2, -0.15) is 0 Å². The van der Waals surface area contributed by atoms with E-state index in [9.17, 15) is 0 Å². The molecule has 0 radical (unpaired) electrons. The maximum atomic E-state index is 3.70. The van der Waals surface area contributed by atoms with E-state index < -0.39 is 0 Å². The molecule has 0 amide bonds. The van der Waals surface area contributed by atoms with E-state index in [4.69, 9.17) is 0 Å². The SMILES string of the molecule is C1CCC(CNCCN2CC3CCC2C3)CC1. The highest BCUT2D eigenvalue weighted by molar-refractivity contribution is 4.92. The van der Waals surface area contributed by atoms with E-state index in [1.54, 1.807) is 0 Å². The van der Waals surface area contributed by atoms with Gasteiger partial charge in [-0.25, -0.2) is 0 Å². The summed E-state index contributed by atoms with van der Waals surface area (Å²) in [6, 6.07) is 0.955. The zero-order valence-corrected chi connectivity index (χ0v) is 11.2. The summed E-state index contributed by atoms with van der Waals surface area (Å²) in [5, 5.41) is 3.70. The summed E-state index contributed by atoms with van der Waals surface area (Å²) in [7, 11) is 0. The van der Waals surface area contributed by atoms with Gasteiger partial charge in [0.25, 0.3) is 0 Å². The lowest BCUT2D eigenvalue weighted by Gasteiger charge is -2.27. The van der Waals surface area contributed by atoms with Gasteiger partial charge in [-0.15, -0.1) is 0 Å². The third-order valence-electron chi connectivity index (χ3n) is 5.26. The summed E-state index contributed by atoms with van der Waals surface area (Å²) < 4.78 is 0. The summed E-state index contributed by atoms with van der Waals surface area (Å²) in [6.07, 6.45) is 11.9. The van der Waals surface area contributed by atoms with Crippen molar-refractivity contribution in [2.24, 2.45) is 11.8 Å². The average Bonchev–Trinajstić information content (AvgIpc) is 2.98. The lowest BCUT2D eigenvalue weighted by atomic mass is 9.89. The average molecular weight is 236 g/mol. The highest BCUT2D eigenvalue weighted by Gasteiger charge is 2.36. The Morgan fingerprint density at radius 2 is 1.88 bits per heavy atom. The van der Waals surface area contributed by atoms with Crippen molar-refractivity contribution < 1.29 is 0 Å². The fourth-order valence-corrected chi connectivity index (χ4v) is 4.22. The smallest absolute Gasteiger partial charge is 0.0110 e. The number of hydrogen-bond acceptors (Lipinski definition) is 2. The molecule has 3 fully saturated rings. The van der Waals surface area contributed by atoms with Gasteiger partial charge in [0.1, 0.15) is 0 Å². The molecule has 0 aromatic carbocycles. The second-order valence-electron chi connectivity index (χ2n) is 6.54. The van der Waals surface area contributed by atoms with Crippen LogP contribution in [0.25, 0.3) is 0 Å². The third kappa shape index (κ3) is 3.03. The molecule has 98 valence electrons. The van der Waals surface area contributed by atoms with E-state index in [0.29, 0.717) is 0 Å². The molecular formula is C15H28N2. The van der Waals surface area contributed by atoms with Gasteiger partial charge in [0.2, 0.25) is 0 Å². The van der Waals surface area contributed by atoms with E-state index in [1.807, 2.05) is 0 Å². The molecule has 2 aliphatic carbocycles. The summed E-state index contributed by atoms with van der Waals surface area (Å²) in [5.41, 5.74) is 0. The van der Waals surface area contributed by atoms with Crippen molar-refractivity contribution in [3.63, 3.8) is 0 Å². The van der Waals surface area contributed by atoms with Gasteiger partial charge in [0.15, 0.2) is 0 Å². The molecule has 0 spiro atoms. The number of likely N-dealkylation sites (tertiary alicyclic amines) is 1. The first-order valence-electron chi connectivity index (χ1n) is 7.86. The molecule has 0 aromatic rings. The van der Waals surface area contributed by atoms with Gasteiger partial charge in [0, 0.05) is 25.7 Å². The molecule has 3 rings (SSSR count). The molecule has 3 aliphatic rings. The maximum Gasteiger partial charge on any atom is 0.0110 e. The van der Waals surface area contributed by atoms with Crippen LogP contribution in [0, 0.1) is 11.8 Å². The Labute approximate surface area is 106 Å². The third-order valence-corrected chi connectivity index (χ3v) is 5.26. The van der Waals surface area contributed by atoms with Crippen LogP contribution in [0.2, 0.25) is 0 Å². The van der Waals surface area contributed by atoms with Crippen molar-refractivity contribution >= 4 is 0 Å². The number of fused-ring (bicyclic) bond motifs is 2. The van der Waals surface area contributed by atoms with Gasteiger partial charge >= 0.3 is 0 Å². The van der Waals surface area contributed by atoms with E-state index in [-0.39, 0.29) is 0 Å². The molecule has 2 saturated carbocycles. The molecule has 2 heteroatoms. The van der Waals surface area contributed by atoms with Crippen molar-refractivity contribution in [3.8, 4) is 0 Å². The van der Waals surface area contributed by atoms with Gasteiger partial charge in [-0.1, -0.05) is 19.3 Å². The molecule has 2 nitrogen and oxygen atoms in total. The van der Waals surface area contributed by atoms with Crippen molar-refractivity contribution in [2.75, 3.05) is 26.2 Å². The van der Waals surface area contributed by atoms with Gasteiger partial charge in [0.05, 0.1) is 0 Å². The van der Waals surface area contributed by atoms with Crippen LogP contribution in [-0.4, -0.2) is 37.1 Å². The molecule has 2 unspecified atom stereocenters. The van der Waals surface area contributed by atoms with Crippen LogP contribution in [0.3, 0.4) is 0 Å². The standard InChI is InChI=1S/C15H28N2/c1-2-4-13(5-3-1)11-16-8-9-17-12-14-6-7-15(17)10-14/h13-16H,1-12H2. The van der Waals surface area contributed by atoms with Crippen molar-refractivity contribution in [3.05, 3.63) is 0 Å². The van der Waals surface area contributed by atoms with E-state index in [2.05, 4.69) is 10.2 Å². The Morgan fingerprint density at radius 3 is 2.59 bits per heavy atom. The van der Waals surface area contributed by atoms with Crippen LogP contribution in [0.4, 0.5) is 0 Å². The van der Waals surface area contributed by atoms with Crippen LogP contribution >= 0.6 is 0 Å². The lowest BCUT2D eigenvalue weighted by molar-refractivity contribution is 0.211. The van der Waals surface area contributed by atoms with Crippen LogP contribution in [0.5, 0.6) is 0 Å². The van der Waals surface area contributed by atoms with E-state index in [1.165, 1.54) is 77.5 Å². The fourth-order valence-electron chi connectivity index (χ4n) is 4.22. The summed E-state index contributed by atoms with van der Waals surface area (Å²) >= 11 is 0. The molecule has 0 aromatic heterocycles. The first-order valence-corrected chi connectivity index (χ1v) is 7.86. The van der Waals surface area contributed by atoms with Crippen LogP contribution in [-0.2, 0) is 0 Å². The van der Waals surface area contributed by atoms with Crippen molar-refractivity contribution in [1.82, 2.24) is 10.2 Å². The van der Waals surface area contributed by atoms with Crippen molar-refractivity contribution in [2.45, 2.75) is 57.4 Å². The second kappa shape index (κ2) is 5.71. The highest BCUT2D eigenvalue weighted by Crippen LogP contribution is 2.36. The first-order chi connectivity index (χ1) is 8.42. The summed E-state index contributed by atoms with van der Waals surface area (Å²) in [6.45, 7) is 5.20. The first kappa shape index (κ1) is 12.0. The molecule has 1 saturated heterocycles. The normalized spacial score (nSPS) is 34.6. The highest BCUT2D eigenvalue weighted by atomic mass is 15.2. The zero-order valence-electron chi connectivity index (χ0n) is 11.2. The number of rotatable bonds is 5. The Kier molecular flexibility index (Phi) is 4.02. The predicted octanol–water partition coefficient (Wildman–Crippen LogP) is 2.64. The molecule has 2 bridgehead atoms. The largest absolute Gasteiger partial charge is 0.315 e. The topological polar surface area (TPSA) is 15.3 Å². The Balaban J connectivity index is 1.28. The Hall–Kier alpha value is -0.0800. The molecule has 17 heavy (non-hydrogen) atoms. The molecule has 1 N–H and O–H groups in total. The predicted molar refractivity (Wildman–Crippen MR) is 72.1 cm³/mol. The zero-order chi connectivity index (χ0) is 11.5.